The Hall–Kier alpha value is -4.16. The maximum atomic E-state index is 13.9. The summed E-state index contributed by atoms with van der Waals surface area (Å²) in [4.78, 5) is 33.9. The summed E-state index contributed by atoms with van der Waals surface area (Å²) in [6.45, 7) is 8.72. The summed E-state index contributed by atoms with van der Waals surface area (Å²) in [6.07, 6.45) is -2.16. The van der Waals surface area contributed by atoms with Crippen molar-refractivity contribution in [1.29, 1.82) is 0 Å². The number of ether oxygens (including phenoxy) is 2. The van der Waals surface area contributed by atoms with Gasteiger partial charge in [-0.15, -0.1) is 0 Å². The Balaban J connectivity index is 1.18. The highest BCUT2D eigenvalue weighted by Crippen LogP contribution is 2.39. The first-order valence-corrected chi connectivity index (χ1v) is 15.3. The van der Waals surface area contributed by atoms with Crippen LogP contribution in [-0.4, -0.2) is 72.0 Å². The number of nitrogens with one attached hydrogen (secondary N) is 2. The van der Waals surface area contributed by atoms with Crippen LogP contribution in [0.25, 0.3) is 0 Å². The van der Waals surface area contributed by atoms with Crippen molar-refractivity contribution in [2.24, 2.45) is 0 Å². The van der Waals surface area contributed by atoms with Crippen molar-refractivity contribution in [2.45, 2.75) is 51.4 Å². The van der Waals surface area contributed by atoms with Gasteiger partial charge in [-0.1, -0.05) is 13.8 Å². The number of hydrogen-bond acceptors (Lipinski definition) is 7. The molecule has 4 heterocycles. The number of piperazine rings is 1. The number of rotatable bonds is 7. The standard InChI is InChI=1S/C33H36F3N5O4/c1-3-40-10-12-41(13-11-40)18-21-14-22(16-23(15-21)33(34,35)36)32(43)38-27-19-44-28-6-4-24(17-26(28)20(27)2)45-29-8-9-37-31-25(29)5-7-30(42)39-31/h4,6,8-9,14-17,20,27H,3,5,7,10-13,18-19H2,1-2H3,(H,38,43)(H,37,39,42)/t20-,27+/m0/s1. The third-order valence-corrected chi connectivity index (χ3v) is 8.81. The van der Waals surface area contributed by atoms with Gasteiger partial charge in [0.1, 0.15) is 29.7 Å². The molecule has 0 bridgehead atoms. The summed E-state index contributed by atoms with van der Waals surface area (Å²) < 4.78 is 53.8. The zero-order chi connectivity index (χ0) is 31.7. The molecule has 12 heteroatoms. The molecule has 1 fully saturated rings. The second-order valence-electron chi connectivity index (χ2n) is 11.8. The SMILES string of the molecule is CCN1CCN(Cc2cc(C(=O)N[C@@H]3COc4ccc(Oc5ccnc6c5CCC(=O)N6)cc4[C@@H]3C)cc(C(F)(F)F)c2)CC1. The fraction of sp³-hybridized carbons (Fsp3) is 0.424. The first kappa shape index (κ1) is 30.8. The Morgan fingerprint density at radius 3 is 2.62 bits per heavy atom. The maximum Gasteiger partial charge on any atom is 0.416 e. The van der Waals surface area contributed by atoms with Crippen LogP contribution in [0.2, 0.25) is 0 Å². The third-order valence-electron chi connectivity index (χ3n) is 8.81. The molecule has 2 amide bonds. The Kier molecular flexibility index (Phi) is 8.69. The molecule has 2 N–H and O–H groups in total. The van der Waals surface area contributed by atoms with Crippen molar-refractivity contribution in [3.8, 4) is 17.2 Å². The lowest BCUT2D eigenvalue weighted by Gasteiger charge is -2.34. The van der Waals surface area contributed by atoms with Gasteiger partial charge in [0, 0.05) is 67.9 Å². The third kappa shape index (κ3) is 6.91. The normalized spacial score (nSPS) is 20.4. The van der Waals surface area contributed by atoms with E-state index in [0.29, 0.717) is 48.0 Å². The first-order chi connectivity index (χ1) is 21.6. The second-order valence-corrected chi connectivity index (χ2v) is 11.8. The van der Waals surface area contributed by atoms with Crippen LogP contribution >= 0.6 is 0 Å². The molecule has 1 saturated heterocycles. The van der Waals surface area contributed by atoms with Gasteiger partial charge in [0.2, 0.25) is 5.91 Å². The highest BCUT2D eigenvalue weighted by atomic mass is 19.4. The van der Waals surface area contributed by atoms with E-state index in [1.807, 2.05) is 13.0 Å². The number of fused-ring (bicyclic) bond motifs is 2. The van der Waals surface area contributed by atoms with Crippen LogP contribution in [0, 0.1) is 0 Å². The summed E-state index contributed by atoms with van der Waals surface area (Å²) >= 11 is 0. The van der Waals surface area contributed by atoms with E-state index in [1.165, 1.54) is 0 Å². The summed E-state index contributed by atoms with van der Waals surface area (Å²) in [7, 11) is 0. The van der Waals surface area contributed by atoms with Gasteiger partial charge < -0.3 is 25.0 Å². The summed E-state index contributed by atoms with van der Waals surface area (Å²) in [6, 6.07) is 10.3. The van der Waals surface area contributed by atoms with E-state index in [-0.39, 0.29) is 24.0 Å². The molecular formula is C33H36F3N5O4. The Morgan fingerprint density at radius 1 is 1.09 bits per heavy atom. The minimum Gasteiger partial charge on any atom is -0.491 e. The lowest BCUT2D eigenvalue weighted by molar-refractivity contribution is -0.137. The molecule has 1 aromatic heterocycles. The number of amides is 2. The zero-order valence-corrected chi connectivity index (χ0v) is 25.2. The van der Waals surface area contributed by atoms with Crippen LogP contribution in [0.3, 0.4) is 0 Å². The van der Waals surface area contributed by atoms with Gasteiger partial charge in [-0.2, -0.15) is 13.2 Å². The molecule has 2 atom stereocenters. The van der Waals surface area contributed by atoms with Gasteiger partial charge in [0.05, 0.1) is 11.6 Å². The quantitative estimate of drug-likeness (QED) is 0.373. The first-order valence-electron chi connectivity index (χ1n) is 15.3. The number of hydrogen-bond donors (Lipinski definition) is 2. The van der Waals surface area contributed by atoms with Gasteiger partial charge in [-0.25, -0.2) is 4.98 Å². The van der Waals surface area contributed by atoms with Gasteiger partial charge in [0.25, 0.3) is 5.91 Å². The number of pyridine rings is 1. The maximum absolute atomic E-state index is 13.9. The zero-order valence-electron chi connectivity index (χ0n) is 25.2. The van der Waals surface area contributed by atoms with Crippen molar-refractivity contribution in [3.05, 3.63) is 76.5 Å². The molecule has 3 aliphatic rings. The molecule has 6 rings (SSSR count). The lowest BCUT2D eigenvalue weighted by Crippen LogP contribution is -2.45. The van der Waals surface area contributed by atoms with Crippen LogP contribution < -0.4 is 20.1 Å². The van der Waals surface area contributed by atoms with Crippen LogP contribution in [0.5, 0.6) is 17.2 Å². The molecular weight excluding hydrogens is 587 g/mol. The number of alkyl halides is 3. The fourth-order valence-corrected chi connectivity index (χ4v) is 6.12. The van der Waals surface area contributed by atoms with E-state index < -0.39 is 23.7 Å². The Bertz CT molecular complexity index is 1590. The van der Waals surface area contributed by atoms with Crippen molar-refractivity contribution in [2.75, 3.05) is 44.6 Å². The minimum absolute atomic E-state index is 0.0309. The number of anilines is 1. The van der Waals surface area contributed by atoms with Crippen LogP contribution in [-0.2, 0) is 23.9 Å². The molecule has 0 aliphatic carbocycles. The van der Waals surface area contributed by atoms with E-state index >= 15 is 0 Å². The number of likely N-dealkylation sites (N-methyl/N-ethyl adjacent to an activating group) is 1. The van der Waals surface area contributed by atoms with E-state index in [9.17, 15) is 22.8 Å². The predicted octanol–water partition coefficient (Wildman–Crippen LogP) is 5.21. The molecule has 0 radical (unpaired) electrons. The van der Waals surface area contributed by atoms with Gasteiger partial charge in [-0.3, -0.25) is 14.5 Å². The smallest absolute Gasteiger partial charge is 0.416 e. The molecule has 0 saturated carbocycles. The number of nitrogens with zero attached hydrogens (tertiary/aromatic N) is 3. The molecule has 45 heavy (non-hydrogen) atoms. The monoisotopic (exact) mass is 623 g/mol. The summed E-state index contributed by atoms with van der Waals surface area (Å²) in [5, 5.41) is 5.69. The molecule has 0 unspecified atom stereocenters. The van der Waals surface area contributed by atoms with E-state index in [4.69, 9.17) is 9.47 Å². The molecule has 2 aromatic carbocycles. The van der Waals surface area contributed by atoms with Gasteiger partial charge in [0.15, 0.2) is 0 Å². The van der Waals surface area contributed by atoms with Crippen molar-refractivity contribution < 1.29 is 32.2 Å². The molecule has 238 valence electrons. The minimum atomic E-state index is -4.58. The highest BCUT2D eigenvalue weighted by molar-refractivity contribution is 5.95. The van der Waals surface area contributed by atoms with Crippen molar-refractivity contribution >= 4 is 17.6 Å². The highest BCUT2D eigenvalue weighted by Gasteiger charge is 2.34. The second kappa shape index (κ2) is 12.7. The largest absolute Gasteiger partial charge is 0.491 e. The average Bonchev–Trinajstić information content (AvgIpc) is 3.02. The predicted molar refractivity (Wildman–Crippen MR) is 162 cm³/mol. The Labute approximate surface area is 259 Å². The number of benzene rings is 2. The molecule has 0 spiro atoms. The topological polar surface area (TPSA) is 96.0 Å². The van der Waals surface area contributed by atoms with E-state index in [0.717, 1.165) is 56.0 Å². The number of carbonyl (C=O) groups excluding carboxylic acids is 2. The van der Waals surface area contributed by atoms with Crippen LogP contribution in [0.15, 0.2) is 48.7 Å². The van der Waals surface area contributed by atoms with Gasteiger partial charge >= 0.3 is 6.18 Å². The Morgan fingerprint density at radius 2 is 1.87 bits per heavy atom. The molecule has 3 aromatic rings. The average molecular weight is 624 g/mol. The van der Waals surface area contributed by atoms with E-state index in [2.05, 4.69) is 32.3 Å². The van der Waals surface area contributed by atoms with Crippen molar-refractivity contribution in [1.82, 2.24) is 20.1 Å². The number of aromatic nitrogens is 1. The van der Waals surface area contributed by atoms with Crippen LogP contribution in [0.4, 0.5) is 19.0 Å². The van der Waals surface area contributed by atoms with Crippen LogP contribution in [0.1, 0.15) is 58.8 Å². The summed E-state index contributed by atoms with van der Waals surface area (Å²) in [5.41, 5.74) is 1.20. The number of carbonyl (C=O) groups is 2. The fourth-order valence-electron chi connectivity index (χ4n) is 6.12. The van der Waals surface area contributed by atoms with Gasteiger partial charge in [-0.05, 0) is 61.0 Å². The lowest BCUT2D eigenvalue weighted by atomic mass is 9.90. The van der Waals surface area contributed by atoms with Crippen molar-refractivity contribution in [3.63, 3.8) is 0 Å². The van der Waals surface area contributed by atoms with E-state index in [1.54, 1.807) is 30.5 Å². The molecule has 3 aliphatic heterocycles. The summed E-state index contributed by atoms with van der Waals surface area (Å²) in [5.74, 6) is 1.37. The molecule has 9 nitrogen and oxygen atoms in total. The number of halogens is 3.